The molecule has 0 aromatic heterocycles. The molecule has 4 heteroatoms. The number of anilines is 1. The molecule has 4 rings (SSSR count). The Morgan fingerprint density at radius 3 is 2.53 bits per heavy atom. The molecule has 1 amide bonds. The number of rotatable bonds is 10. The van der Waals surface area contributed by atoms with Crippen molar-refractivity contribution in [2.24, 2.45) is 0 Å². The Hall–Kier alpha value is -3.92. The molecular formula is C30H29NO3. The molecule has 34 heavy (non-hydrogen) atoms. The van der Waals surface area contributed by atoms with Gasteiger partial charge in [-0.3, -0.25) is 4.79 Å². The summed E-state index contributed by atoms with van der Waals surface area (Å²) in [5.74, 6) is 0.417. The summed E-state index contributed by atoms with van der Waals surface area (Å²) in [6.07, 6.45) is 2.89. The lowest BCUT2D eigenvalue weighted by Gasteiger charge is -2.18. The van der Waals surface area contributed by atoms with Gasteiger partial charge < -0.3 is 14.8 Å². The highest BCUT2D eigenvalue weighted by atomic mass is 16.5. The molecule has 0 bridgehead atoms. The average molecular weight is 452 g/mol. The Bertz CT molecular complexity index is 1260. The van der Waals surface area contributed by atoms with Crippen LogP contribution in [0, 0.1) is 0 Å². The second kappa shape index (κ2) is 11.3. The minimum Gasteiger partial charge on any atom is -0.489 e. The summed E-state index contributed by atoms with van der Waals surface area (Å²) in [5, 5.41) is 5.36. The standard InChI is InChI=1S/C30H29NO3/c1-22(27-16-9-12-24-10-5-6-15-28(24)27)30(33)31-29-20-23(17-18-25(29)11-7-8-19-32)21-34-26-13-3-2-4-14-26/h2-6,9-10,12-20,22H,7-8,11,21H2,1H3,(H,31,33). The van der Waals surface area contributed by atoms with Crippen molar-refractivity contribution >= 4 is 28.7 Å². The Kier molecular flexibility index (Phi) is 7.71. The van der Waals surface area contributed by atoms with Crippen LogP contribution >= 0.6 is 0 Å². The van der Waals surface area contributed by atoms with Gasteiger partial charge in [-0.1, -0.05) is 72.8 Å². The molecule has 1 unspecified atom stereocenters. The van der Waals surface area contributed by atoms with E-state index in [1.165, 1.54) is 0 Å². The summed E-state index contributed by atoms with van der Waals surface area (Å²) in [6, 6.07) is 29.9. The maximum atomic E-state index is 13.3. The summed E-state index contributed by atoms with van der Waals surface area (Å²) in [7, 11) is 0. The van der Waals surface area contributed by atoms with Gasteiger partial charge in [0.1, 0.15) is 18.6 Å². The number of carbonyl (C=O) groups is 2. The van der Waals surface area contributed by atoms with Crippen LogP contribution in [0.4, 0.5) is 5.69 Å². The molecule has 172 valence electrons. The van der Waals surface area contributed by atoms with Crippen molar-refractivity contribution in [3.8, 4) is 5.75 Å². The van der Waals surface area contributed by atoms with Crippen molar-refractivity contribution in [3.63, 3.8) is 0 Å². The number of aldehydes is 1. The van der Waals surface area contributed by atoms with E-state index in [-0.39, 0.29) is 11.8 Å². The smallest absolute Gasteiger partial charge is 0.231 e. The second-order valence-electron chi connectivity index (χ2n) is 8.43. The van der Waals surface area contributed by atoms with Crippen LogP contribution in [-0.2, 0) is 22.6 Å². The average Bonchev–Trinajstić information content (AvgIpc) is 2.88. The van der Waals surface area contributed by atoms with Gasteiger partial charge in [0.2, 0.25) is 5.91 Å². The van der Waals surface area contributed by atoms with Gasteiger partial charge in [0.05, 0.1) is 5.92 Å². The van der Waals surface area contributed by atoms with Gasteiger partial charge >= 0.3 is 0 Å². The van der Waals surface area contributed by atoms with Crippen LogP contribution in [0.3, 0.4) is 0 Å². The van der Waals surface area contributed by atoms with E-state index >= 15 is 0 Å². The number of para-hydroxylation sites is 1. The fraction of sp³-hybridized carbons (Fsp3) is 0.200. The number of amides is 1. The van der Waals surface area contributed by atoms with Crippen LogP contribution in [0.5, 0.6) is 5.75 Å². The van der Waals surface area contributed by atoms with Crippen molar-refractivity contribution in [2.75, 3.05) is 5.32 Å². The van der Waals surface area contributed by atoms with Gasteiger partial charge in [0, 0.05) is 12.1 Å². The van der Waals surface area contributed by atoms with E-state index in [0.29, 0.717) is 13.0 Å². The molecule has 0 radical (unpaired) electrons. The van der Waals surface area contributed by atoms with Crippen molar-refractivity contribution in [3.05, 3.63) is 108 Å². The molecule has 0 saturated heterocycles. The second-order valence-corrected chi connectivity index (χ2v) is 8.43. The first-order valence-corrected chi connectivity index (χ1v) is 11.7. The third-order valence-electron chi connectivity index (χ3n) is 6.03. The number of hydrogen-bond acceptors (Lipinski definition) is 3. The van der Waals surface area contributed by atoms with Crippen LogP contribution < -0.4 is 10.1 Å². The Labute approximate surface area is 200 Å². The van der Waals surface area contributed by atoms with E-state index in [2.05, 4.69) is 23.5 Å². The minimum atomic E-state index is -0.321. The molecule has 1 N–H and O–H groups in total. The predicted octanol–water partition coefficient (Wildman–Crippen LogP) is 6.68. The van der Waals surface area contributed by atoms with Gasteiger partial charge in [-0.15, -0.1) is 0 Å². The minimum absolute atomic E-state index is 0.0610. The van der Waals surface area contributed by atoms with Gasteiger partial charge in [-0.2, -0.15) is 0 Å². The maximum Gasteiger partial charge on any atom is 0.231 e. The zero-order chi connectivity index (χ0) is 23.8. The van der Waals surface area contributed by atoms with Crippen molar-refractivity contribution in [1.29, 1.82) is 0 Å². The molecule has 0 aliphatic carbocycles. The molecule has 0 spiro atoms. The van der Waals surface area contributed by atoms with Crippen molar-refractivity contribution < 1.29 is 14.3 Å². The Morgan fingerprint density at radius 2 is 1.71 bits per heavy atom. The molecule has 0 saturated carbocycles. The molecule has 0 aliphatic rings. The van der Waals surface area contributed by atoms with Gasteiger partial charge in [-0.25, -0.2) is 0 Å². The number of nitrogens with one attached hydrogen (secondary N) is 1. The van der Waals surface area contributed by atoms with E-state index in [0.717, 1.165) is 58.0 Å². The van der Waals surface area contributed by atoms with Crippen LogP contribution in [0.25, 0.3) is 10.8 Å². The molecule has 1 atom stereocenters. The summed E-state index contributed by atoms with van der Waals surface area (Å²) >= 11 is 0. The molecule has 4 aromatic rings. The summed E-state index contributed by atoms with van der Waals surface area (Å²) < 4.78 is 5.90. The SMILES string of the molecule is CC(C(=O)Nc1cc(COc2ccccc2)ccc1CCCC=O)c1cccc2ccccc12. The first kappa shape index (κ1) is 23.2. The lowest BCUT2D eigenvalue weighted by atomic mass is 9.94. The first-order valence-electron chi connectivity index (χ1n) is 11.7. The van der Waals surface area contributed by atoms with Gasteiger partial charge in [0.15, 0.2) is 0 Å². The molecule has 0 fully saturated rings. The highest BCUT2D eigenvalue weighted by Gasteiger charge is 2.19. The summed E-state index contributed by atoms with van der Waals surface area (Å²) in [4.78, 5) is 24.1. The lowest BCUT2D eigenvalue weighted by Crippen LogP contribution is -2.20. The number of benzene rings is 4. The zero-order valence-electron chi connectivity index (χ0n) is 19.4. The van der Waals surface area contributed by atoms with Gasteiger partial charge in [0.25, 0.3) is 0 Å². The van der Waals surface area contributed by atoms with E-state index in [1.807, 2.05) is 79.7 Å². The van der Waals surface area contributed by atoms with E-state index < -0.39 is 0 Å². The molecule has 0 heterocycles. The maximum absolute atomic E-state index is 13.3. The fourth-order valence-corrected chi connectivity index (χ4v) is 4.12. The van der Waals surface area contributed by atoms with E-state index in [4.69, 9.17) is 4.74 Å². The van der Waals surface area contributed by atoms with Crippen molar-refractivity contribution in [1.82, 2.24) is 0 Å². The molecule has 0 aliphatic heterocycles. The molecule has 4 aromatic carbocycles. The monoisotopic (exact) mass is 451 g/mol. The van der Waals surface area contributed by atoms with Crippen LogP contribution in [0.1, 0.15) is 42.4 Å². The van der Waals surface area contributed by atoms with Crippen molar-refractivity contribution in [2.45, 2.75) is 38.7 Å². The number of ether oxygens (including phenoxy) is 1. The first-order chi connectivity index (χ1) is 16.7. The van der Waals surface area contributed by atoms with E-state index in [1.54, 1.807) is 0 Å². The lowest BCUT2D eigenvalue weighted by molar-refractivity contribution is -0.117. The summed E-state index contributed by atoms with van der Waals surface area (Å²) in [6.45, 7) is 2.34. The highest BCUT2D eigenvalue weighted by Crippen LogP contribution is 2.28. The fourth-order valence-electron chi connectivity index (χ4n) is 4.12. The molecular weight excluding hydrogens is 422 g/mol. The van der Waals surface area contributed by atoms with Crippen LogP contribution in [0.2, 0.25) is 0 Å². The normalized spacial score (nSPS) is 11.7. The Morgan fingerprint density at radius 1 is 0.941 bits per heavy atom. The van der Waals surface area contributed by atoms with Gasteiger partial charge in [-0.05, 0) is 65.4 Å². The summed E-state index contributed by atoms with van der Waals surface area (Å²) in [5.41, 5.74) is 3.76. The van der Waals surface area contributed by atoms with Crippen LogP contribution in [-0.4, -0.2) is 12.2 Å². The third-order valence-corrected chi connectivity index (χ3v) is 6.03. The molecule has 4 nitrogen and oxygen atoms in total. The number of fused-ring (bicyclic) bond motifs is 1. The Balaban J connectivity index is 1.55. The van der Waals surface area contributed by atoms with Crippen LogP contribution in [0.15, 0.2) is 91.0 Å². The predicted molar refractivity (Wildman–Crippen MR) is 137 cm³/mol. The number of unbranched alkanes of at least 4 members (excludes halogenated alkanes) is 1. The number of carbonyl (C=O) groups excluding carboxylic acids is 2. The number of aryl methyl sites for hydroxylation is 1. The number of hydrogen-bond donors (Lipinski definition) is 1. The van der Waals surface area contributed by atoms with E-state index in [9.17, 15) is 9.59 Å². The quantitative estimate of drug-likeness (QED) is 0.216. The third kappa shape index (κ3) is 5.70. The highest BCUT2D eigenvalue weighted by molar-refractivity contribution is 5.99. The topological polar surface area (TPSA) is 55.4 Å². The zero-order valence-corrected chi connectivity index (χ0v) is 19.4. The largest absolute Gasteiger partial charge is 0.489 e.